The number of hydrogen-bond donors (Lipinski definition) is 2. The van der Waals surface area contributed by atoms with Crippen molar-refractivity contribution in [3.8, 4) is 0 Å². The molecule has 2 atom stereocenters. The summed E-state index contributed by atoms with van der Waals surface area (Å²) in [6.07, 6.45) is 2.95. The zero-order valence-electron chi connectivity index (χ0n) is 20.5. The molecular weight excluding hydrogens is 447 g/mol. The number of nitrogens with zero attached hydrogens (tertiary/aromatic N) is 5. The van der Waals surface area contributed by atoms with Crippen LogP contribution in [0.4, 0.5) is 27.7 Å². The molecule has 0 radical (unpaired) electrons. The van der Waals surface area contributed by atoms with Crippen LogP contribution in [0.3, 0.4) is 0 Å². The minimum Gasteiger partial charge on any atom is -0.390 e. The molecule has 0 spiro atoms. The number of fused-ring (bicyclic) bond motifs is 1. The van der Waals surface area contributed by atoms with Crippen LogP contribution in [0.1, 0.15) is 38.7 Å². The Hall–Kier alpha value is -3.04. The lowest BCUT2D eigenvalue weighted by Gasteiger charge is -2.38. The molecule has 1 aromatic carbocycles. The van der Waals surface area contributed by atoms with E-state index >= 15 is 0 Å². The topological polar surface area (TPSA) is 86.6 Å². The molecule has 2 aliphatic rings. The molecular formula is C26H33FN6O2. The Morgan fingerprint density at radius 3 is 2.63 bits per heavy atom. The van der Waals surface area contributed by atoms with Crippen LogP contribution in [0.15, 0.2) is 36.7 Å². The third-order valence-electron chi connectivity index (χ3n) is 6.93. The second-order valence-corrected chi connectivity index (χ2v) is 9.91. The normalized spacial score (nSPS) is 23.2. The van der Waals surface area contributed by atoms with E-state index in [1.807, 2.05) is 6.20 Å². The molecule has 2 N–H and O–H groups in total. The number of pyridine rings is 1. The lowest BCUT2D eigenvalue weighted by atomic mass is 9.94. The summed E-state index contributed by atoms with van der Waals surface area (Å²) in [5, 5.41) is 15.5. The number of aromatic nitrogens is 3. The van der Waals surface area contributed by atoms with Crippen molar-refractivity contribution in [2.75, 3.05) is 54.5 Å². The van der Waals surface area contributed by atoms with E-state index in [4.69, 9.17) is 9.72 Å². The summed E-state index contributed by atoms with van der Waals surface area (Å²) < 4.78 is 20.2. The van der Waals surface area contributed by atoms with Crippen LogP contribution in [-0.2, 0) is 4.74 Å². The Labute approximate surface area is 205 Å². The van der Waals surface area contributed by atoms with Gasteiger partial charge in [-0.25, -0.2) is 14.4 Å². The van der Waals surface area contributed by atoms with Gasteiger partial charge < -0.3 is 25.0 Å². The highest BCUT2D eigenvalue weighted by molar-refractivity contribution is 5.97. The summed E-state index contributed by atoms with van der Waals surface area (Å²) in [7, 11) is 0. The summed E-state index contributed by atoms with van der Waals surface area (Å²) in [5.41, 5.74) is 0.744. The van der Waals surface area contributed by atoms with Gasteiger partial charge in [-0.05, 0) is 48.4 Å². The first kappa shape index (κ1) is 23.7. The van der Waals surface area contributed by atoms with E-state index in [2.05, 4.69) is 52.2 Å². The zero-order valence-corrected chi connectivity index (χ0v) is 20.5. The van der Waals surface area contributed by atoms with Gasteiger partial charge in [-0.15, -0.1) is 0 Å². The van der Waals surface area contributed by atoms with E-state index in [0.717, 1.165) is 37.1 Å². The van der Waals surface area contributed by atoms with E-state index in [9.17, 15) is 9.50 Å². The number of anilines is 4. The van der Waals surface area contributed by atoms with Gasteiger partial charge in [-0.2, -0.15) is 4.98 Å². The Balaban J connectivity index is 1.44. The third-order valence-corrected chi connectivity index (χ3v) is 6.93. The van der Waals surface area contributed by atoms with Crippen molar-refractivity contribution in [1.82, 2.24) is 15.0 Å². The van der Waals surface area contributed by atoms with Gasteiger partial charge in [0.25, 0.3) is 0 Å². The number of rotatable bonds is 5. The van der Waals surface area contributed by atoms with Crippen molar-refractivity contribution in [2.45, 2.75) is 44.9 Å². The zero-order chi connectivity index (χ0) is 24.6. The number of aliphatic hydroxyl groups excluding tert-OH is 1. The Morgan fingerprint density at radius 2 is 1.89 bits per heavy atom. The number of halogens is 1. The number of benzene rings is 1. The standard InChI is InChI=1S/C26H33FN6O2/c1-17(2)18-4-5-21(32-10-12-35-13-11-32)20-15-29-24(14-19(18)20)30-23-6-8-28-25(31-23)33-9-7-22(34)26(3,27)16-33/h4-6,8,14-15,17,22,34H,7,9-13,16H2,1-3H3,(H,28,29,30,31)/t22-,26+/m1/s1. The summed E-state index contributed by atoms with van der Waals surface area (Å²) in [5.74, 6) is 2.07. The van der Waals surface area contributed by atoms with Crippen LogP contribution in [0.5, 0.6) is 0 Å². The lowest BCUT2D eigenvalue weighted by Crippen LogP contribution is -2.52. The molecule has 3 aromatic rings. The number of nitrogens with one attached hydrogen (secondary N) is 1. The molecule has 0 amide bonds. The largest absolute Gasteiger partial charge is 0.390 e. The fourth-order valence-electron chi connectivity index (χ4n) is 4.91. The maximum absolute atomic E-state index is 14.7. The van der Waals surface area contributed by atoms with Gasteiger partial charge in [0.05, 0.1) is 25.9 Å². The van der Waals surface area contributed by atoms with Gasteiger partial charge in [0, 0.05) is 43.1 Å². The number of alkyl halides is 1. The number of piperidine rings is 1. The van der Waals surface area contributed by atoms with Gasteiger partial charge in [-0.3, -0.25) is 0 Å². The van der Waals surface area contributed by atoms with Crippen LogP contribution in [0.25, 0.3) is 10.8 Å². The molecule has 2 saturated heterocycles. The molecule has 0 saturated carbocycles. The number of ether oxygens (including phenoxy) is 1. The quantitative estimate of drug-likeness (QED) is 0.566. The Kier molecular flexibility index (Phi) is 6.46. The first-order chi connectivity index (χ1) is 16.8. The first-order valence-corrected chi connectivity index (χ1v) is 12.3. The fraction of sp³-hybridized carbons (Fsp3) is 0.500. The highest BCUT2D eigenvalue weighted by Crippen LogP contribution is 2.35. The van der Waals surface area contributed by atoms with Crippen molar-refractivity contribution in [2.24, 2.45) is 0 Å². The molecule has 5 rings (SSSR count). The van der Waals surface area contributed by atoms with Gasteiger partial charge in [-0.1, -0.05) is 19.9 Å². The maximum atomic E-state index is 14.7. The molecule has 0 bridgehead atoms. The number of morpholine rings is 1. The summed E-state index contributed by atoms with van der Waals surface area (Å²) in [4.78, 5) is 17.8. The van der Waals surface area contributed by atoms with Crippen molar-refractivity contribution in [1.29, 1.82) is 0 Å². The summed E-state index contributed by atoms with van der Waals surface area (Å²) >= 11 is 0. The van der Waals surface area contributed by atoms with Gasteiger partial charge in [0.1, 0.15) is 11.6 Å². The summed E-state index contributed by atoms with van der Waals surface area (Å²) in [6, 6.07) is 8.26. The van der Waals surface area contributed by atoms with Crippen molar-refractivity contribution in [3.05, 3.63) is 42.2 Å². The van der Waals surface area contributed by atoms with Crippen molar-refractivity contribution in [3.63, 3.8) is 0 Å². The van der Waals surface area contributed by atoms with Crippen LogP contribution in [-0.4, -0.2) is 71.2 Å². The highest BCUT2D eigenvalue weighted by Gasteiger charge is 2.39. The molecule has 0 aliphatic carbocycles. The lowest BCUT2D eigenvalue weighted by molar-refractivity contribution is -0.00860. The molecule has 0 unspecified atom stereocenters. The fourth-order valence-corrected chi connectivity index (χ4v) is 4.91. The monoisotopic (exact) mass is 480 g/mol. The second-order valence-electron chi connectivity index (χ2n) is 9.91. The van der Waals surface area contributed by atoms with E-state index in [1.54, 1.807) is 17.2 Å². The molecule has 2 aromatic heterocycles. The Morgan fingerprint density at radius 1 is 1.09 bits per heavy atom. The molecule has 35 heavy (non-hydrogen) atoms. The van der Waals surface area contributed by atoms with E-state index in [-0.39, 0.29) is 6.54 Å². The minimum absolute atomic E-state index is 0.0495. The van der Waals surface area contributed by atoms with E-state index < -0.39 is 11.8 Å². The van der Waals surface area contributed by atoms with Gasteiger partial charge >= 0.3 is 0 Å². The van der Waals surface area contributed by atoms with Crippen LogP contribution in [0, 0.1) is 0 Å². The molecule has 9 heteroatoms. The van der Waals surface area contributed by atoms with Crippen LogP contribution in [0.2, 0.25) is 0 Å². The minimum atomic E-state index is -1.70. The van der Waals surface area contributed by atoms with Gasteiger partial charge in [0.2, 0.25) is 5.95 Å². The van der Waals surface area contributed by atoms with Crippen molar-refractivity contribution >= 4 is 34.0 Å². The maximum Gasteiger partial charge on any atom is 0.227 e. The molecule has 2 aliphatic heterocycles. The first-order valence-electron chi connectivity index (χ1n) is 12.3. The van der Waals surface area contributed by atoms with Gasteiger partial charge in [0.15, 0.2) is 5.67 Å². The molecule has 4 heterocycles. The van der Waals surface area contributed by atoms with E-state index in [0.29, 0.717) is 36.5 Å². The average molecular weight is 481 g/mol. The predicted molar refractivity (Wildman–Crippen MR) is 137 cm³/mol. The Bertz CT molecular complexity index is 1200. The van der Waals surface area contributed by atoms with Crippen LogP contribution >= 0.6 is 0 Å². The van der Waals surface area contributed by atoms with Crippen LogP contribution < -0.4 is 15.1 Å². The van der Waals surface area contributed by atoms with Crippen molar-refractivity contribution < 1.29 is 14.2 Å². The highest BCUT2D eigenvalue weighted by atomic mass is 19.1. The second kappa shape index (κ2) is 9.54. The SMILES string of the molecule is CC(C)c1ccc(N2CCOCC2)c2cnc(Nc3ccnc(N4CC[C@@H](O)[C@@](C)(F)C4)n3)cc12. The summed E-state index contributed by atoms with van der Waals surface area (Å²) in [6.45, 7) is 9.55. The average Bonchev–Trinajstić information content (AvgIpc) is 2.85. The number of aliphatic hydroxyl groups is 1. The van der Waals surface area contributed by atoms with E-state index in [1.165, 1.54) is 18.2 Å². The third kappa shape index (κ3) is 4.88. The molecule has 8 nitrogen and oxygen atoms in total. The molecule has 186 valence electrons. The predicted octanol–water partition coefficient (Wildman–Crippen LogP) is 4.03. The number of hydrogen-bond acceptors (Lipinski definition) is 8. The molecule has 2 fully saturated rings. The smallest absolute Gasteiger partial charge is 0.227 e.